The van der Waals surface area contributed by atoms with Crippen molar-refractivity contribution in [3.05, 3.63) is 24.4 Å². The van der Waals surface area contributed by atoms with Crippen molar-refractivity contribution < 1.29 is 5.11 Å². The maximum absolute atomic E-state index is 10.1. The first kappa shape index (κ1) is 13.8. The molecule has 2 aromatic heterocycles. The van der Waals surface area contributed by atoms with Gasteiger partial charge in [-0.25, -0.2) is 0 Å². The summed E-state index contributed by atoms with van der Waals surface area (Å²) in [4.78, 5) is 2.30. The zero-order valence-corrected chi connectivity index (χ0v) is 12.1. The Hall–Kier alpha value is -1.15. The lowest BCUT2D eigenvalue weighted by molar-refractivity contribution is 0.121. The molecule has 0 aromatic carbocycles. The molecule has 0 radical (unpaired) electrons. The van der Waals surface area contributed by atoms with E-state index in [1.807, 2.05) is 28.8 Å². The number of fused-ring (bicyclic) bond motifs is 1. The van der Waals surface area contributed by atoms with E-state index in [4.69, 9.17) is 0 Å². The fourth-order valence-corrected chi connectivity index (χ4v) is 3.17. The number of hydrogen-bond donors (Lipinski definition) is 2. The van der Waals surface area contributed by atoms with Crippen molar-refractivity contribution in [2.45, 2.75) is 11.3 Å². The van der Waals surface area contributed by atoms with Gasteiger partial charge >= 0.3 is 0 Å². The van der Waals surface area contributed by atoms with Crippen LogP contribution < -0.4 is 5.32 Å². The van der Waals surface area contributed by atoms with Crippen LogP contribution in [0.4, 0.5) is 0 Å². The van der Waals surface area contributed by atoms with E-state index < -0.39 is 0 Å². The van der Waals surface area contributed by atoms with Crippen molar-refractivity contribution in [3.63, 3.8) is 0 Å². The Morgan fingerprint density at radius 2 is 2.15 bits per heavy atom. The van der Waals surface area contributed by atoms with Gasteiger partial charge in [0, 0.05) is 44.7 Å². The Labute approximate surface area is 122 Å². The van der Waals surface area contributed by atoms with E-state index >= 15 is 0 Å². The molecule has 0 bridgehead atoms. The highest BCUT2D eigenvalue weighted by Gasteiger charge is 2.15. The molecule has 0 spiro atoms. The van der Waals surface area contributed by atoms with Crippen molar-refractivity contribution >= 4 is 17.4 Å². The first-order valence-electron chi connectivity index (χ1n) is 6.86. The summed E-state index contributed by atoms with van der Waals surface area (Å²) in [7, 11) is 0. The van der Waals surface area contributed by atoms with Gasteiger partial charge in [0.2, 0.25) is 0 Å². The molecule has 2 aromatic rings. The van der Waals surface area contributed by atoms with Crippen molar-refractivity contribution in [1.29, 1.82) is 0 Å². The summed E-state index contributed by atoms with van der Waals surface area (Å²) in [6.07, 6.45) is 1.61. The minimum absolute atomic E-state index is 0.339. The lowest BCUT2D eigenvalue weighted by atomic mass is 10.3. The molecule has 0 saturated carbocycles. The molecular weight excluding hydrogens is 274 g/mol. The number of nitrogens with zero attached hydrogens (tertiary/aromatic N) is 4. The van der Waals surface area contributed by atoms with E-state index in [1.165, 1.54) is 0 Å². The smallest absolute Gasteiger partial charge is 0.195 e. The number of aliphatic hydroxyl groups is 1. The Kier molecular flexibility index (Phi) is 4.51. The maximum atomic E-state index is 10.1. The summed E-state index contributed by atoms with van der Waals surface area (Å²) >= 11 is 1.55. The molecule has 1 aliphatic heterocycles. The lowest BCUT2D eigenvalue weighted by Gasteiger charge is -2.28. The van der Waals surface area contributed by atoms with Crippen LogP contribution in [0.1, 0.15) is 0 Å². The van der Waals surface area contributed by atoms with Crippen molar-refractivity contribution in [2.75, 3.05) is 38.5 Å². The van der Waals surface area contributed by atoms with Crippen LogP contribution in [0.5, 0.6) is 0 Å². The maximum Gasteiger partial charge on any atom is 0.195 e. The van der Waals surface area contributed by atoms with E-state index in [0.717, 1.165) is 43.5 Å². The van der Waals surface area contributed by atoms with Crippen molar-refractivity contribution in [2.24, 2.45) is 0 Å². The first-order chi connectivity index (χ1) is 9.83. The highest BCUT2D eigenvalue weighted by Crippen LogP contribution is 2.17. The van der Waals surface area contributed by atoms with Crippen LogP contribution in [0.3, 0.4) is 0 Å². The predicted octanol–water partition coefficient (Wildman–Crippen LogP) is 0.0875. The minimum Gasteiger partial charge on any atom is -0.391 e. The number of pyridine rings is 1. The standard InChI is InChI=1S/C13H19N5OS/c19-11(9-17-7-4-14-5-8-17)10-20-13-16-15-12-3-1-2-6-18(12)13/h1-3,6,11,14,19H,4-5,7-10H2. The van der Waals surface area contributed by atoms with Gasteiger partial charge in [-0.05, 0) is 12.1 Å². The molecule has 3 heterocycles. The van der Waals surface area contributed by atoms with Gasteiger partial charge in [0.25, 0.3) is 0 Å². The van der Waals surface area contributed by atoms with E-state index in [2.05, 4.69) is 20.4 Å². The van der Waals surface area contributed by atoms with Crippen LogP contribution in [0, 0.1) is 0 Å². The fraction of sp³-hybridized carbons (Fsp3) is 0.538. The summed E-state index contributed by atoms with van der Waals surface area (Å²) in [5.74, 6) is 0.639. The molecule has 1 atom stereocenters. The third kappa shape index (κ3) is 3.29. The molecule has 1 saturated heterocycles. The van der Waals surface area contributed by atoms with E-state index in [9.17, 15) is 5.11 Å². The van der Waals surface area contributed by atoms with Crippen LogP contribution in [-0.2, 0) is 0 Å². The van der Waals surface area contributed by atoms with E-state index in [1.54, 1.807) is 11.8 Å². The van der Waals surface area contributed by atoms with Gasteiger partial charge in [-0.3, -0.25) is 9.30 Å². The highest BCUT2D eigenvalue weighted by atomic mass is 32.2. The van der Waals surface area contributed by atoms with E-state index in [-0.39, 0.29) is 6.10 Å². The Balaban J connectivity index is 1.53. The molecule has 108 valence electrons. The zero-order chi connectivity index (χ0) is 13.8. The van der Waals surface area contributed by atoms with Crippen molar-refractivity contribution in [3.8, 4) is 0 Å². The number of aliphatic hydroxyl groups excluding tert-OH is 1. The van der Waals surface area contributed by atoms with E-state index in [0.29, 0.717) is 5.75 Å². The van der Waals surface area contributed by atoms with Crippen LogP contribution in [-0.4, -0.2) is 69.2 Å². The molecule has 1 fully saturated rings. The zero-order valence-electron chi connectivity index (χ0n) is 11.3. The molecular formula is C13H19N5OS. The SMILES string of the molecule is OC(CSc1nnc2ccccn12)CN1CCNCC1. The Morgan fingerprint density at radius 3 is 3.00 bits per heavy atom. The summed E-state index contributed by atoms with van der Waals surface area (Å²) in [5.41, 5.74) is 0.839. The monoisotopic (exact) mass is 293 g/mol. The molecule has 1 unspecified atom stereocenters. The molecule has 20 heavy (non-hydrogen) atoms. The second-order valence-electron chi connectivity index (χ2n) is 4.93. The van der Waals surface area contributed by atoms with Gasteiger partial charge in [-0.2, -0.15) is 0 Å². The van der Waals surface area contributed by atoms with Gasteiger partial charge in [0.1, 0.15) is 0 Å². The Morgan fingerprint density at radius 1 is 1.30 bits per heavy atom. The third-order valence-corrected chi connectivity index (χ3v) is 4.45. The second kappa shape index (κ2) is 6.53. The quantitative estimate of drug-likeness (QED) is 0.762. The van der Waals surface area contributed by atoms with Gasteiger partial charge in [0.15, 0.2) is 10.8 Å². The number of rotatable bonds is 5. The molecule has 0 amide bonds. The van der Waals surface area contributed by atoms with Crippen LogP contribution in [0.15, 0.2) is 29.6 Å². The first-order valence-corrected chi connectivity index (χ1v) is 7.85. The topological polar surface area (TPSA) is 65.7 Å². The second-order valence-corrected chi connectivity index (χ2v) is 5.91. The molecule has 2 N–H and O–H groups in total. The summed E-state index contributed by atoms with van der Waals surface area (Å²) in [5, 5.41) is 22.5. The molecule has 0 aliphatic carbocycles. The number of nitrogens with one attached hydrogen (secondary N) is 1. The molecule has 7 heteroatoms. The normalized spacial score (nSPS) is 18.4. The minimum atomic E-state index is -0.339. The number of aromatic nitrogens is 3. The highest BCUT2D eigenvalue weighted by molar-refractivity contribution is 7.99. The van der Waals surface area contributed by atoms with Crippen LogP contribution in [0.25, 0.3) is 5.65 Å². The predicted molar refractivity (Wildman–Crippen MR) is 79.0 cm³/mol. The Bertz CT molecular complexity index is 554. The average molecular weight is 293 g/mol. The molecule has 1 aliphatic rings. The van der Waals surface area contributed by atoms with Gasteiger partial charge in [0.05, 0.1) is 6.10 Å². The summed E-state index contributed by atoms with van der Waals surface area (Å²) < 4.78 is 1.95. The third-order valence-electron chi connectivity index (χ3n) is 3.37. The van der Waals surface area contributed by atoms with Crippen LogP contribution in [0.2, 0.25) is 0 Å². The van der Waals surface area contributed by atoms with Gasteiger partial charge < -0.3 is 10.4 Å². The largest absolute Gasteiger partial charge is 0.391 e. The number of thioether (sulfide) groups is 1. The lowest BCUT2D eigenvalue weighted by Crippen LogP contribution is -2.46. The summed E-state index contributed by atoms with van der Waals surface area (Å²) in [6, 6.07) is 5.82. The summed E-state index contributed by atoms with van der Waals surface area (Å²) in [6.45, 7) is 4.76. The van der Waals surface area contributed by atoms with Crippen molar-refractivity contribution in [1.82, 2.24) is 24.8 Å². The molecule has 3 rings (SSSR count). The van der Waals surface area contributed by atoms with Gasteiger partial charge in [-0.1, -0.05) is 17.8 Å². The number of β-amino-alcohol motifs (C(OH)–C–C–N with tert-alkyl or cyclic N) is 1. The average Bonchev–Trinajstić information content (AvgIpc) is 2.89. The van der Waals surface area contributed by atoms with Gasteiger partial charge in [-0.15, -0.1) is 10.2 Å². The number of piperazine rings is 1. The van der Waals surface area contributed by atoms with Crippen LogP contribution >= 0.6 is 11.8 Å². The fourth-order valence-electron chi connectivity index (χ4n) is 2.33. The number of hydrogen-bond acceptors (Lipinski definition) is 6. The molecule has 6 nitrogen and oxygen atoms in total.